The second kappa shape index (κ2) is 8.06. The summed E-state index contributed by atoms with van der Waals surface area (Å²) >= 11 is 0. The molecule has 0 heterocycles. The largest absolute Gasteiger partial charge is 0.232 e. The van der Waals surface area contributed by atoms with Gasteiger partial charge in [-0.2, -0.15) is 0 Å². The van der Waals surface area contributed by atoms with E-state index in [4.69, 9.17) is 0 Å². The van der Waals surface area contributed by atoms with E-state index in [-0.39, 0.29) is 6.61 Å². The highest BCUT2D eigenvalue weighted by molar-refractivity contribution is 5.05. The fourth-order valence-corrected chi connectivity index (χ4v) is 1.19. The van der Waals surface area contributed by atoms with E-state index >= 15 is 0 Å². The van der Waals surface area contributed by atoms with E-state index in [2.05, 4.69) is 26.8 Å². The summed E-state index contributed by atoms with van der Waals surface area (Å²) in [4.78, 5) is 0. The predicted molar refractivity (Wildman–Crippen MR) is 57.2 cm³/mol. The minimum absolute atomic E-state index is 0.0698. The first-order valence-electron chi connectivity index (χ1n) is 5.16. The normalized spacial score (nSPS) is 13.5. The summed E-state index contributed by atoms with van der Waals surface area (Å²) in [6, 6.07) is 0. The molecule has 1 nitrogen and oxygen atoms in total. The van der Waals surface area contributed by atoms with Gasteiger partial charge in [0.1, 0.15) is 6.61 Å². The molecule has 0 saturated heterocycles. The number of hydrogen-bond donors (Lipinski definition) is 0. The van der Waals surface area contributed by atoms with Gasteiger partial charge in [0.25, 0.3) is 0 Å². The van der Waals surface area contributed by atoms with Crippen molar-refractivity contribution in [2.45, 2.75) is 46.5 Å². The van der Waals surface area contributed by atoms with E-state index in [9.17, 15) is 5.11 Å². The van der Waals surface area contributed by atoms with Crippen molar-refractivity contribution in [3.63, 3.8) is 0 Å². The molecule has 0 aliphatic rings. The van der Waals surface area contributed by atoms with Gasteiger partial charge in [-0.3, -0.25) is 0 Å². The number of rotatable bonds is 6. The summed E-state index contributed by atoms with van der Waals surface area (Å²) in [6.45, 7) is 6.36. The average molecular weight is 181 g/mol. The van der Waals surface area contributed by atoms with Crippen molar-refractivity contribution in [1.82, 2.24) is 0 Å². The zero-order chi connectivity index (χ0) is 10.1. The summed E-state index contributed by atoms with van der Waals surface area (Å²) in [5, 5.41) is 10.4. The lowest BCUT2D eigenvalue weighted by atomic mass is 10.1. The maximum absolute atomic E-state index is 10.4. The lowest BCUT2D eigenvalue weighted by Gasteiger charge is -2.01. The molecule has 0 N–H and O–H groups in total. The number of allylic oxidation sites excluding steroid dienone is 3. The molecule has 0 aliphatic heterocycles. The lowest BCUT2D eigenvalue weighted by molar-refractivity contribution is 0.231. The Labute approximate surface area is 82.2 Å². The highest BCUT2D eigenvalue weighted by Gasteiger charge is 1.92. The molecule has 0 amide bonds. The van der Waals surface area contributed by atoms with E-state index in [0.717, 1.165) is 25.7 Å². The van der Waals surface area contributed by atoms with Crippen LogP contribution in [0.3, 0.4) is 0 Å². The Balaban J connectivity index is 3.79. The van der Waals surface area contributed by atoms with Crippen molar-refractivity contribution in [3.05, 3.63) is 23.3 Å². The van der Waals surface area contributed by atoms with Crippen molar-refractivity contribution in [1.29, 1.82) is 0 Å². The van der Waals surface area contributed by atoms with E-state index in [0.29, 0.717) is 0 Å². The van der Waals surface area contributed by atoms with Crippen molar-refractivity contribution in [2.24, 2.45) is 0 Å². The van der Waals surface area contributed by atoms with Crippen LogP contribution in [0.2, 0.25) is 0 Å². The molecule has 0 bridgehead atoms. The van der Waals surface area contributed by atoms with Crippen LogP contribution in [0.1, 0.15) is 46.5 Å². The Bertz CT molecular complexity index is 178. The zero-order valence-electron chi connectivity index (χ0n) is 9.10. The van der Waals surface area contributed by atoms with Crippen LogP contribution in [0.25, 0.3) is 0 Å². The van der Waals surface area contributed by atoms with Gasteiger partial charge in [-0.25, -0.2) is 5.11 Å². The molecule has 13 heavy (non-hydrogen) atoms. The van der Waals surface area contributed by atoms with Crippen LogP contribution in [-0.2, 0) is 5.11 Å². The van der Waals surface area contributed by atoms with E-state index < -0.39 is 0 Å². The summed E-state index contributed by atoms with van der Waals surface area (Å²) in [5.74, 6) is 0. The fourth-order valence-electron chi connectivity index (χ4n) is 1.19. The van der Waals surface area contributed by atoms with Crippen LogP contribution in [-0.4, -0.2) is 6.61 Å². The molecule has 0 aliphatic carbocycles. The molecule has 0 atom stereocenters. The molecule has 0 spiro atoms. The van der Waals surface area contributed by atoms with Crippen LogP contribution < -0.4 is 0 Å². The minimum atomic E-state index is -0.0698. The summed E-state index contributed by atoms with van der Waals surface area (Å²) < 4.78 is 0. The van der Waals surface area contributed by atoms with Crippen LogP contribution in [0.4, 0.5) is 0 Å². The van der Waals surface area contributed by atoms with Gasteiger partial charge in [0.15, 0.2) is 0 Å². The first-order valence-corrected chi connectivity index (χ1v) is 5.16. The quantitative estimate of drug-likeness (QED) is 0.554. The standard InChI is InChI=1S/C12H21O/c1-4-11(3)7-6-8-12(5-2)9-10-13/h7,9H,4-6,8,10H2,1-3H3/b11-7-,12-9+. The van der Waals surface area contributed by atoms with Gasteiger partial charge in [0.2, 0.25) is 0 Å². The molecule has 75 valence electrons. The molecular formula is C12H21O. The zero-order valence-corrected chi connectivity index (χ0v) is 9.10. The third-order valence-electron chi connectivity index (χ3n) is 2.34. The van der Waals surface area contributed by atoms with Gasteiger partial charge in [0.05, 0.1) is 0 Å². The number of hydrogen-bond acceptors (Lipinski definition) is 0. The third-order valence-corrected chi connectivity index (χ3v) is 2.34. The second-order valence-electron chi connectivity index (χ2n) is 3.33. The van der Waals surface area contributed by atoms with Gasteiger partial charge < -0.3 is 0 Å². The van der Waals surface area contributed by atoms with Gasteiger partial charge >= 0.3 is 0 Å². The van der Waals surface area contributed by atoms with Gasteiger partial charge in [-0.05, 0) is 32.6 Å². The topological polar surface area (TPSA) is 19.9 Å². The third kappa shape index (κ3) is 6.59. The predicted octanol–water partition coefficient (Wildman–Crippen LogP) is 3.89. The summed E-state index contributed by atoms with van der Waals surface area (Å²) in [5.41, 5.74) is 2.74. The molecule has 0 aromatic rings. The van der Waals surface area contributed by atoms with Crippen molar-refractivity contribution >= 4 is 0 Å². The van der Waals surface area contributed by atoms with Crippen LogP contribution in [0.5, 0.6) is 0 Å². The Kier molecular flexibility index (Phi) is 7.71. The maximum Gasteiger partial charge on any atom is 0.101 e. The minimum Gasteiger partial charge on any atom is -0.232 e. The SMILES string of the molecule is CC/C(C)=C\CC/C(=C/C[O])CC. The molecule has 0 unspecified atom stereocenters. The van der Waals surface area contributed by atoms with Crippen LogP contribution in [0, 0.1) is 0 Å². The Hall–Kier alpha value is -0.560. The molecule has 0 rings (SSSR count). The monoisotopic (exact) mass is 181 g/mol. The molecule has 0 aromatic carbocycles. The summed E-state index contributed by atoms with van der Waals surface area (Å²) in [6.07, 6.45) is 8.37. The lowest BCUT2D eigenvalue weighted by Crippen LogP contribution is -1.84. The molecule has 0 aromatic heterocycles. The Morgan fingerprint density at radius 3 is 2.31 bits per heavy atom. The molecule has 0 fully saturated rings. The molecular weight excluding hydrogens is 160 g/mol. The van der Waals surface area contributed by atoms with Crippen LogP contribution >= 0.6 is 0 Å². The van der Waals surface area contributed by atoms with Crippen molar-refractivity contribution < 1.29 is 5.11 Å². The fraction of sp³-hybridized carbons (Fsp3) is 0.667. The average Bonchev–Trinajstić information content (AvgIpc) is 2.16. The van der Waals surface area contributed by atoms with E-state index in [1.165, 1.54) is 11.1 Å². The van der Waals surface area contributed by atoms with Crippen molar-refractivity contribution in [3.8, 4) is 0 Å². The Morgan fingerprint density at radius 2 is 1.85 bits per heavy atom. The van der Waals surface area contributed by atoms with Crippen LogP contribution in [0.15, 0.2) is 23.3 Å². The van der Waals surface area contributed by atoms with Gasteiger partial charge in [0, 0.05) is 0 Å². The van der Waals surface area contributed by atoms with E-state index in [1.807, 2.05) is 6.08 Å². The van der Waals surface area contributed by atoms with E-state index in [1.54, 1.807) is 0 Å². The molecule has 1 radical (unpaired) electrons. The highest BCUT2D eigenvalue weighted by atomic mass is 16.2. The highest BCUT2D eigenvalue weighted by Crippen LogP contribution is 2.11. The second-order valence-corrected chi connectivity index (χ2v) is 3.33. The van der Waals surface area contributed by atoms with Gasteiger partial charge in [-0.1, -0.05) is 37.1 Å². The molecule has 0 saturated carbocycles. The first kappa shape index (κ1) is 12.4. The first-order chi connectivity index (χ1) is 6.24. The van der Waals surface area contributed by atoms with Gasteiger partial charge in [-0.15, -0.1) is 0 Å². The smallest absolute Gasteiger partial charge is 0.101 e. The Morgan fingerprint density at radius 1 is 1.15 bits per heavy atom. The molecule has 1 heteroatoms. The summed E-state index contributed by atoms with van der Waals surface area (Å²) in [7, 11) is 0. The van der Waals surface area contributed by atoms with Crippen molar-refractivity contribution in [2.75, 3.05) is 6.61 Å². The maximum atomic E-state index is 10.4.